The predicted molar refractivity (Wildman–Crippen MR) is 131 cm³/mol. The molecule has 0 saturated heterocycles. The molecular weight excluding hydrogens is 425 g/mol. The van der Waals surface area contributed by atoms with Gasteiger partial charge in [-0.2, -0.15) is 13.2 Å². The Labute approximate surface area is 200 Å². The van der Waals surface area contributed by atoms with Crippen LogP contribution in [0.2, 0.25) is 0 Å². The molecule has 0 spiro atoms. The highest BCUT2D eigenvalue weighted by Gasteiger charge is 2.34. The second-order valence-electron chi connectivity index (χ2n) is 9.28. The van der Waals surface area contributed by atoms with Crippen LogP contribution in [0.3, 0.4) is 0 Å². The summed E-state index contributed by atoms with van der Waals surface area (Å²) < 4.78 is 50.2. The van der Waals surface area contributed by atoms with Crippen LogP contribution >= 0.6 is 0 Å². The van der Waals surface area contributed by atoms with Crippen LogP contribution < -0.4 is 0 Å². The van der Waals surface area contributed by atoms with Crippen molar-refractivity contribution in [1.29, 1.82) is 0 Å². The molecule has 1 atom stereocenters. The van der Waals surface area contributed by atoms with E-state index in [1.165, 1.54) is 50.7 Å². The molecule has 0 aliphatic heterocycles. The average Bonchev–Trinajstić information content (AvgIpc) is 2.77. The quantitative estimate of drug-likeness (QED) is 0.147. The second kappa shape index (κ2) is 16.5. The third kappa shape index (κ3) is 12.3. The van der Waals surface area contributed by atoms with Gasteiger partial charge in [-0.25, -0.2) is 0 Å². The number of aryl methyl sites for hydroxylation is 1. The van der Waals surface area contributed by atoms with Crippen molar-refractivity contribution >= 4 is 0 Å². The van der Waals surface area contributed by atoms with Crippen molar-refractivity contribution in [3.8, 4) is 0 Å². The number of benzene rings is 1. The molecule has 0 aliphatic rings. The van der Waals surface area contributed by atoms with Crippen molar-refractivity contribution in [3.63, 3.8) is 0 Å². The molecule has 1 aromatic rings. The van der Waals surface area contributed by atoms with E-state index in [9.17, 15) is 13.2 Å². The second-order valence-corrected chi connectivity index (χ2v) is 9.28. The zero-order chi connectivity index (χ0) is 24.6. The Morgan fingerprint density at radius 1 is 0.697 bits per heavy atom. The van der Waals surface area contributed by atoms with E-state index in [1.54, 1.807) is 12.1 Å². The Hall–Kier alpha value is -1.07. The first-order valence-electron chi connectivity index (χ1n) is 13.2. The van der Waals surface area contributed by atoms with E-state index >= 15 is 0 Å². The minimum atomic E-state index is -4.26. The van der Waals surface area contributed by atoms with E-state index in [0.29, 0.717) is 19.1 Å². The van der Waals surface area contributed by atoms with Gasteiger partial charge in [0.2, 0.25) is 0 Å². The Bertz CT molecular complexity index is 592. The topological polar surface area (TPSA) is 18.5 Å². The van der Waals surface area contributed by atoms with Crippen molar-refractivity contribution in [1.82, 2.24) is 0 Å². The van der Waals surface area contributed by atoms with E-state index in [0.717, 1.165) is 50.5 Å². The minimum absolute atomic E-state index is 0.387. The predicted octanol–water partition coefficient (Wildman–Crippen LogP) is 9.35. The summed E-state index contributed by atoms with van der Waals surface area (Å²) in [6.45, 7) is 9.70. The van der Waals surface area contributed by atoms with Gasteiger partial charge in [0, 0.05) is 19.1 Å². The fourth-order valence-electron chi connectivity index (χ4n) is 4.62. The molecule has 0 aromatic heterocycles. The first-order chi connectivity index (χ1) is 15.8. The van der Waals surface area contributed by atoms with Gasteiger partial charge in [-0.3, -0.25) is 0 Å². The maximum Gasteiger partial charge on any atom is 0.416 e. The molecule has 0 radical (unpaired) electrons. The Morgan fingerprint density at radius 2 is 1.18 bits per heavy atom. The molecule has 192 valence electrons. The maximum atomic E-state index is 12.7. The lowest BCUT2D eigenvalue weighted by molar-refractivity contribution is -0.254. The number of hydrogen-bond donors (Lipinski definition) is 0. The zero-order valence-corrected chi connectivity index (χ0v) is 21.4. The van der Waals surface area contributed by atoms with Gasteiger partial charge in [0.25, 0.3) is 0 Å². The van der Waals surface area contributed by atoms with Gasteiger partial charge in [0.05, 0.1) is 5.56 Å². The van der Waals surface area contributed by atoms with Crippen molar-refractivity contribution in [2.75, 3.05) is 13.2 Å². The van der Waals surface area contributed by atoms with Gasteiger partial charge >= 0.3 is 6.18 Å². The van der Waals surface area contributed by atoms with Crippen LogP contribution in [0, 0.1) is 5.92 Å². The number of halogens is 3. The molecule has 1 rings (SSSR count). The average molecular weight is 473 g/mol. The molecule has 0 heterocycles. The Balaban J connectivity index is 2.43. The van der Waals surface area contributed by atoms with Gasteiger partial charge in [-0.05, 0) is 64.2 Å². The van der Waals surface area contributed by atoms with E-state index in [4.69, 9.17) is 9.47 Å². The van der Waals surface area contributed by atoms with Gasteiger partial charge in [-0.15, -0.1) is 0 Å². The van der Waals surface area contributed by atoms with Crippen molar-refractivity contribution < 1.29 is 22.6 Å². The lowest BCUT2D eigenvalue weighted by Crippen LogP contribution is -2.41. The van der Waals surface area contributed by atoms with Crippen LogP contribution in [0.15, 0.2) is 24.3 Å². The molecule has 1 unspecified atom stereocenters. The lowest BCUT2D eigenvalue weighted by atomic mass is 9.87. The highest BCUT2D eigenvalue weighted by Crippen LogP contribution is 2.33. The third-order valence-electron chi connectivity index (χ3n) is 6.56. The number of alkyl halides is 3. The largest absolute Gasteiger partial charge is 0.416 e. The molecule has 0 amide bonds. The standard InChI is InChI=1S/C28H47F3O2/c1-5-8-9-10-11-15-18-25(27(4,32-6-2)33-7-3)19-16-13-12-14-17-24-20-22-26(23-21-24)28(29,30)31/h20-23,25H,5-19H2,1-4H3. The summed E-state index contributed by atoms with van der Waals surface area (Å²) in [5, 5.41) is 0. The van der Waals surface area contributed by atoms with Crippen molar-refractivity contribution in [2.45, 2.75) is 123 Å². The minimum Gasteiger partial charge on any atom is -0.350 e. The molecule has 5 heteroatoms. The summed E-state index contributed by atoms with van der Waals surface area (Å²) in [7, 11) is 0. The van der Waals surface area contributed by atoms with Crippen LogP contribution in [0.4, 0.5) is 13.2 Å². The number of unbranched alkanes of at least 4 members (excludes halogenated alkanes) is 8. The third-order valence-corrected chi connectivity index (χ3v) is 6.56. The Morgan fingerprint density at radius 3 is 1.67 bits per heavy atom. The summed E-state index contributed by atoms with van der Waals surface area (Å²) in [6, 6.07) is 5.58. The summed E-state index contributed by atoms with van der Waals surface area (Å²) in [6.07, 6.45) is 10.9. The van der Waals surface area contributed by atoms with Crippen LogP contribution in [-0.4, -0.2) is 19.0 Å². The van der Waals surface area contributed by atoms with Crippen molar-refractivity contribution in [3.05, 3.63) is 35.4 Å². The highest BCUT2D eigenvalue weighted by atomic mass is 19.4. The maximum absolute atomic E-state index is 12.7. The van der Waals surface area contributed by atoms with Gasteiger partial charge in [0.1, 0.15) is 0 Å². The van der Waals surface area contributed by atoms with Gasteiger partial charge < -0.3 is 9.47 Å². The molecular formula is C28H47F3O2. The van der Waals surface area contributed by atoms with Crippen molar-refractivity contribution in [2.24, 2.45) is 5.92 Å². The van der Waals surface area contributed by atoms with E-state index in [-0.39, 0.29) is 0 Å². The lowest BCUT2D eigenvalue weighted by Gasteiger charge is -2.37. The highest BCUT2D eigenvalue weighted by molar-refractivity contribution is 5.24. The molecule has 1 aromatic carbocycles. The normalized spacial score (nSPS) is 13.4. The molecule has 0 saturated carbocycles. The van der Waals surface area contributed by atoms with E-state index in [1.807, 2.05) is 13.8 Å². The number of hydrogen-bond acceptors (Lipinski definition) is 2. The molecule has 0 N–H and O–H groups in total. The van der Waals surface area contributed by atoms with E-state index < -0.39 is 17.5 Å². The molecule has 0 bridgehead atoms. The fraction of sp³-hybridized carbons (Fsp3) is 0.786. The summed E-state index contributed by atoms with van der Waals surface area (Å²) in [4.78, 5) is 0. The molecule has 0 aliphatic carbocycles. The number of rotatable bonds is 19. The summed E-state index contributed by atoms with van der Waals surface area (Å²) in [5.74, 6) is -0.133. The molecule has 0 fully saturated rings. The van der Waals surface area contributed by atoms with Crippen LogP contribution in [-0.2, 0) is 22.1 Å². The first-order valence-corrected chi connectivity index (χ1v) is 13.2. The Kier molecular flexibility index (Phi) is 15.0. The molecule has 2 nitrogen and oxygen atoms in total. The summed E-state index contributed by atoms with van der Waals surface area (Å²) >= 11 is 0. The zero-order valence-electron chi connectivity index (χ0n) is 21.4. The molecule has 33 heavy (non-hydrogen) atoms. The SMILES string of the molecule is CCCCCCCCC(CCCCCCc1ccc(C(F)(F)F)cc1)C(C)(OCC)OCC. The van der Waals surface area contributed by atoms with Crippen LogP contribution in [0.1, 0.15) is 116 Å². The van der Waals surface area contributed by atoms with Gasteiger partial charge in [0.15, 0.2) is 5.79 Å². The van der Waals surface area contributed by atoms with Crippen LogP contribution in [0.5, 0.6) is 0 Å². The van der Waals surface area contributed by atoms with E-state index in [2.05, 4.69) is 13.8 Å². The smallest absolute Gasteiger partial charge is 0.350 e. The fourth-order valence-corrected chi connectivity index (χ4v) is 4.62. The summed E-state index contributed by atoms with van der Waals surface area (Å²) in [5.41, 5.74) is 0.401. The first kappa shape index (κ1) is 30.0. The monoisotopic (exact) mass is 472 g/mol. The van der Waals surface area contributed by atoms with Gasteiger partial charge in [-0.1, -0.05) is 76.8 Å². The number of ether oxygens (including phenoxy) is 2. The van der Waals surface area contributed by atoms with Crippen LogP contribution in [0.25, 0.3) is 0 Å².